The van der Waals surface area contributed by atoms with Crippen molar-refractivity contribution >= 4 is 28.3 Å². The summed E-state index contributed by atoms with van der Waals surface area (Å²) in [5, 5.41) is 21.1. The molecule has 2 rings (SSSR count). The monoisotopic (exact) mass is 387 g/mol. The SMILES string of the molecule is O=[N+]([O-])c1cc(I)c(F)cc1CC(O)c1ccccc1. The van der Waals surface area contributed by atoms with Crippen molar-refractivity contribution in [1.82, 2.24) is 0 Å². The van der Waals surface area contributed by atoms with Crippen LogP contribution in [0.2, 0.25) is 0 Å². The van der Waals surface area contributed by atoms with Gasteiger partial charge in [-0.3, -0.25) is 10.1 Å². The third-order valence-electron chi connectivity index (χ3n) is 2.92. The molecule has 0 amide bonds. The van der Waals surface area contributed by atoms with Gasteiger partial charge in [-0.15, -0.1) is 0 Å². The minimum Gasteiger partial charge on any atom is -0.388 e. The molecule has 0 aromatic heterocycles. The van der Waals surface area contributed by atoms with Crippen molar-refractivity contribution in [2.24, 2.45) is 0 Å². The molecule has 0 spiro atoms. The zero-order valence-electron chi connectivity index (χ0n) is 10.3. The lowest BCUT2D eigenvalue weighted by Gasteiger charge is -2.11. The molecule has 0 fully saturated rings. The van der Waals surface area contributed by atoms with Gasteiger partial charge in [0.15, 0.2) is 0 Å². The van der Waals surface area contributed by atoms with E-state index in [0.29, 0.717) is 5.56 Å². The molecule has 0 bridgehead atoms. The van der Waals surface area contributed by atoms with E-state index in [0.717, 1.165) is 6.07 Å². The molecule has 1 N–H and O–H groups in total. The summed E-state index contributed by atoms with van der Waals surface area (Å²) in [7, 11) is 0. The predicted molar refractivity (Wildman–Crippen MR) is 80.9 cm³/mol. The van der Waals surface area contributed by atoms with Gasteiger partial charge in [0.1, 0.15) is 5.82 Å². The lowest BCUT2D eigenvalue weighted by Crippen LogP contribution is -2.05. The Morgan fingerprint density at radius 2 is 1.95 bits per heavy atom. The highest BCUT2D eigenvalue weighted by Gasteiger charge is 2.20. The van der Waals surface area contributed by atoms with Crippen molar-refractivity contribution in [3.8, 4) is 0 Å². The first-order chi connectivity index (χ1) is 9.49. The lowest BCUT2D eigenvalue weighted by molar-refractivity contribution is -0.385. The molecule has 0 radical (unpaired) electrons. The second-order valence-corrected chi connectivity index (χ2v) is 5.44. The Balaban J connectivity index is 2.33. The molecular formula is C14H11FINO3. The van der Waals surface area contributed by atoms with Crippen LogP contribution in [0.25, 0.3) is 0 Å². The number of hydrogen-bond acceptors (Lipinski definition) is 3. The summed E-state index contributed by atoms with van der Waals surface area (Å²) in [4.78, 5) is 10.4. The maximum atomic E-state index is 13.6. The average molecular weight is 387 g/mol. The van der Waals surface area contributed by atoms with Gasteiger partial charge < -0.3 is 5.11 Å². The molecule has 0 aliphatic rings. The van der Waals surface area contributed by atoms with Crippen LogP contribution in [0, 0.1) is 19.5 Å². The number of aliphatic hydroxyl groups is 1. The molecule has 104 valence electrons. The summed E-state index contributed by atoms with van der Waals surface area (Å²) < 4.78 is 13.8. The number of benzene rings is 2. The molecule has 1 atom stereocenters. The van der Waals surface area contributed by atoms with Crippen LogP contribution in [0.1, 0.15) is 17.2 Å². The molecule has 0 saturated carbocycles. The Morgan fingerprint density at radius 1 is 1.30 bits per heavy atom. The fourth-order valence-electron chi connectivity index (χ4n) is 1.91. The summed E-state index contributed by atoms with van der Waals surface area (Å²) in [6, 6.07) is 11.1. The fraction of sp³-hybridized carbons (Fsp3) is 0.143. The summed E-state index contributed by atoms with van der Waals surface area (Å²) in [5.74, 6) is -0.522. The smallest absolute Gasteiger partial charge is 0.273 e. The number of rotatable bonds is 4. The Kier molecular flexibility index (Phi) is 4.66. The Hall–Kier alpha value is -1.54. The number of nitro groups is 1. The van der Waals surface area contributed by atoms with Gasteiger partial charge in [0.05, 0.1) is 14.6 Å². The van der Waals surface area contributed by atoms with Crippen molar-refractivity contribution in [3.63, 3.8) is 0 Å². The lowest BCUT2D eigenvalue weighted by atomic mass is 10.0. The first-order valence-electron chi connectivity index (χ1n) is 5.84. The van der Waals surface area contributed by atoms with Gasteiger partial charge in [-0.2, -0.15) is 0 Å². The van der Waals surface area contributed by atoms with Crippen LogP contribution in [-0.4, -0.2) is 10.0 Å². The first kappa shape index (κ1) is 14.9. The van der Waals surface area contributed by atoms with E-state index in [-0.39, 0.29) is 21.2 Å². The molecule has 0 heterocycles. The van der Waals surface area contributed by atoms with Crippen molar-refractivity contribution in [3.05, 3.63) is 73.1 Å². The van der Waals surface area contributed by atoms with E-state index in [9.17, 15) is 19.6 Å². The average Bonchev–Trinajstić information content (AvgIpc) is 2.43. The molecule has 1 unspecified atom stereocenters. The van der Waals surface area contributed by atoms with Gasteiger partial charge in [-0.05, 0) is 34.2 Å². The third-order valence-corrected chi connectivity index (χ3v) is 3.74. The summed E-state index contributed by atoms with van der Waals surface area (Å²) in [6.07, 6.45) is -0.914. The van der Waals surface area contributed by atoms with Crippen LogP contribution in [0.5, 0.6) is 0 Å². The van der Waals surface area contributed by atoms with Gasteiger partial charge in [-0.25, -0.2) is 4.39 Å². The molecule has 0 aliphatic heterocycles. The molecule has 0 aliphatic carbocycles. The van der Waals surface area contributed by atoms with Gasteiger partial charge in [0, 0.05) is 18.1 Å². The van der Waals surface area contributed by atoms with E-state index in [4.69, 9.17) is 0 Å². The Morgan fingerprint density at radius 3 is 2.55 bits per heavy atom. The second kappa shape index (κ2) is 6.27. The van der Waals surface area contributed by atoms with Gasteiger partial charge in [-0.1, -0.05) is 30.3 Å². The molecule has 20 heavy (non-hydrogen) atoms. The molecular weight excluding hydrogens is 376 g/mol. The zero-order valence-corrected chi connectivity index (χ0v) is 12.5. The molecule has 2 aromatic rings. The normalized spacial score (nSPS) is 12.2. The van der Waals surface area contributed by atoms with E-state index in [2.05, 4.69) is 0 Å². The van der Waals surface area contributed by atoms with Crippen LogP contribution < -0.4 is 0 Å². The van der Waals surface area contributed by atoms with E-state index in [1.807, 2.05) is 6.07 Å². The topological polar surface area (TPSA) is 63.4 Å². The highest BCUT2D eigenvalue weighted by molar-refractivity contribution is 14.1. The van der Waals surface area contributed by atoms with E-state index < -0.39 is 16.8 Å². The quantitative estimate of drug-likeness (QED) is 0.495. The van der Waals surface area contributed by atoms with Crippen LogP contribution in [0.4, 0.5) is 10.1 Å². The second-order valence-electron chi connectivity index (χ2n) is 4.28. The number of nitro benzene ring substituents is 1. The minimum atomic E-state index is -0.908. The molecule has 4 nitrogen and oxygen atoms in total. The molecule has 6 heteroatoms. The zero-order chi connectivity index (χ0) is 14.7. The van der Waals surface area contributed by atoms with Crippen LogP contribution >= 0.6 is 22.6 Å². The number of halogens is 2. The minimum absolute atomic E-state index is 0.00579. The van der Waals surface area contributed by atoms with Crippen LogP contribution in [-0.2, 0) is 6.42 Å². The Bertz CT molecular complexity index is 634. The number of hydrogen-bond donors (Lipinski definition) is 1. The third kappa shape index (κ3) is 3.31. The van der Waals surface area contributed by atoms with Crippen molar-refractivity contribution in [2.75, 3.05) is 0 Å². The van der Waals surface area contributed by atoms with Gasteiger partial charge >= 0.3 is 0 Å². The van der Waals surface area contributed by atoms with Crippen molar-refractivity contribution < 1.29 is 14.4 Å². The van der Waals surface area contributed by atoms with Gasteiger partial charge in [0.25, 0.3) is 5.69 Å². The Labute approximate surface area is 128 Å². The summed E-state index contributed by atoms with van der Waals surface area (Å²) >= 11 is 1.70. The maximum absolute atomic E-state index is 13.6. The van der Waals surface area contributed by atoms with E-state index in [1.165, 1.54) is 6.07 Å². The van der Waals surface area contributed by atoms with Crippen molar-refractivity contribution in [1.29, 1.82) is 0 Å². The maximum Gasteiger partial charge on any atom is 0.273 e. The van der Waals surface area contributed by atoms with Crippen LogP contribution in [0.3, 0.4) is 0 Å². The molecule has 2 aromatic carbocycles. The van der Waals surface area contributed by atoms with E-state index in [1.54, 1.807) is 46.9 Å². The largest absolute Gasteiger partial charge is 0.388 e. The molecule has 0 saturated heterocycles. The van der Waals surface area contributed by atoms with E-state index >= 15 is 0 Å². The van der Waals surface area contributed by atoms with Gasteiger partial charge in [0.2, 0.25) is 0 Å². The number of nitrogens with zero attached hydrogens (tertiary/aromatic N) is 1. The van der Waals surface area contributed by atoms with Crippen LogP contribution in [0.15, 0.2) is 42.5 Å². The summed E-state index contributed by atoms with van der Waals surface area (Å²) in [5.41, 5.74) is 0.649. The van der Waals surface area contributed by atoms with Crippen molar-refractivity contribution in [2.45, 2.75) is 12.5 Å². The highest BCUT2D eigenvalue weighted by atomic mass is 127. The first-order valence-corrected chi connectivity index (χ1v) is 6.92. The standard InChI is InChI=1S/C14H11FINO3/c15-11-6-10(13(17(19)20)8-12(11)16)7-14(18)9-4-2-1-3-5-9/h1-6,8,14,18H,7H2. The predicted octanol–water partition coefficient (Wildman–Crippen LogP) is 3.61. The fourth-order valence-corrected chi connectivity index (χ4v) is 2.36. The number of aliphatic hydroxyl groups excluding tert-OH is 1. The highest BCUT2D eigenvalue weighted by Crippen LogP contribution is 2.28. The summed E-state index contributed by atoms with van der Waals surface area (Å²) in [6.45, 7) is 0.